The van der Waals surface area contributed by atoms with Crippen LogP contribution in [0.5, 0.6) is 0 Å². The molecule has 0 bridgehead atoms. The van der Waals surface area contributed by atoms with Crippen LogP contribution in [0.4, 0.5) is 0 Å². The molecule has 0 saturated carbocycles. The zero-order chi connectivity index (χ0) is 8.27. The molecule has 1 nitrogen and oxygen atoms in total. The van der Waals surface area contributed by atoms with E-state index in [-0.39, 0.29) is 11.7 Å². The van der Waals surface area contributed by atoms with Gasteiger partial charge in [-0.2, -0.15) is 0 Å². The van der Waals surface area contributed by atoms with Gasteiger partial charge in [0.05, 0.1) is 0 Å². The number of carbonyl (C=O) groups is 1. The van der Waals surface area contributed by atoms with Gasteiger partial charge in [0.1, 0.15) is 0 Å². The van der Waals surface area contributed by atoms with E-state index < -0.39 is 0 Å². The molecule has 0 fully saturated rings. The van der Waals surface area contributed by atoms with Crippen molar-refractivity contribution in [2.45, 2.75) is 26.7 Å². The molecule has 1 aliphatic carbocycles. The lowest BCUT2D eigenvalue weighted by Crippen LogP contribution is -2.09. The van der Waals surface area contributed by atoms with Crippen molar-refractivity contribution in [3.63, 3.8) is 0 Å². The van der Waals surface area contributed by atoms with E-state index in [0.29, 0.717) is 0 Å². The molecule has 1 heteroatoms. The van der Waals surface area contributed by atoms with Crippen LogP contribution < -0.4 is 0 Å². The number of ketones is 1. The maximum atomic E-state index is 11.4. The first-order valence-electron chi connectivity index (χ1n) is 4.12. The van der Waals surface area contributed by atoms with Crippen molar-refractivity contribution in [2.75, 3.05) is 0 Å². The Hall–Kier alpha value is -0.850. The van der Waals surface area contributed by atoms with Gasteiger partial charge < -0.3 is 0 Å². The molecule has 0 aromatic heterocycles. The van der Waals surface area contributed by atoms with Crippen LogP contribution in [-0.4, -0.2) is 5.78 Å². The summed E-state index contributed by atoms with van der Waals surface area (Å²) in [6.45, 7) is 3.87. The topological polar surface area (TPSA) is 17.1 Å². The summed E-state index contributed by atoms with van der Waals surface area (Å²) in [7, 11) is 0. The molecule has 0 aromatic rings. The summed E-state index contributed by atoms with van der Waals surface area (Å²) < 4.78 is 0. The second kappa shape index (κ2) is 3.51. The second-order valence-electron chi connectivity index (χ2n) is 3.16. The van der Waals surface area contributed by atoms with Gasteiger partial charge in [0, 0.05) is 11.5 Å². The molecule has 11 heavy (non-hydrogen) atoms. The Morgan fingerprint density at radius 3 is 2.64 bits per heavy atom. The lowest BCUT2D eigenvalue weighted by molar-refractivity contribution is -0.117. The predicted octanol–water partition coefficient (Wildman–Crippen LogP) is 2.49. The van der Waals surface area contributed by atoms with Crippen LogP contribution in [0.1, 0.15) is 26.7 Å². The predicted molar refractivity (Wildman–Crippen MR) is 46.3 cm³/mol. The molecule has 60 valence electrons. The smallest absolute Gasteiger partial charge is 0.165 e. The van der Waals surface area contributed by atoms with E-state index in [4.69, 9.17) is 0 Å². The summed E-state index contributed by atoms with van der Waals surface area (Å²) in [4.78, 5) is 11.4. The van der Waals surface area contributed by atoms with Crippen LogP contribution in [0.15, 0.2) is 23.8 Å². The van der Waals surface area contributed by atoms with Crippen molar-refractivity contribution in [1.82, 2.24) is 0 Å². The van der Waals surface area contributed by atoms with Crippen molar-refractivity contribution in [3.8, 4) is 0 Å². The quantitative estimate of drug-likeness (QED) is 0.591. The lowest BCUT2D eigenvalue weighted by Gasteiger charge is -2.07. The molecule has 0 atom stereocenters. The molecule has 0 unspecified atom stereocenters. The molecular weight excluding hydrogens is 136 g/mol. The molecular formula is C10H14O. The SMILES string of the molecule is CC(C)C(=O)C1=CCCC=C1. The minimum atomic E-state index is 0.129. The van der Waals surface area contributed by atoms with Crippen molar-refractivity contribution in [1.29, 1.82) is 0 Å². The summed E-state index contributed by atoms with van der Waals surface area (Å²) in [6, 6.07) is 0. The Bertz CT molecular complexity index is 209. The van der Waals surface area contributed by atoms with Gasteiger partial charge in [-0.05, 0) is 12.8 Å². The van der Waals surface area contributed by atoms with E-state index in [1.54, 1.807) is 0 Å². The molecule has 0 aromatic carbocycles. The van der Waals surface area contributed by atoms with E-state index in [2.05, 4.69) is 6.08 Å². The van der Waals surface area contributed by atoms with Crippen LogP contribution in [0.2, 0.25) is 0 Å². The van der Waals surface area contributed by atoms with Crippen molar-refractivity contribution in [3.05, 3.63) is 23.8 Å². The van der Waals surface area contributed by atoms with E-state index in [9.17, 15) is 4.79 Å². The summed E-state index contributed by atoms with van der Waals surface area (Å²) >= 11 is 0. The average molecular weight is 150 g/mol. The third-order valence-corrected chi connectivity index (χ3v) is 1.80. The standard InChI is InChI=1S/C10H14O/c1-8(2)10(11)9-6-4-3-5-7-9/h4,6-8H,3,5H2,1-2H3. The highest BCUT2D eigenvalue weighted by Gasteiger charge is 2.11. The van der Waals surface area contributed by atoms with Crippen molar-refractivity contribution >= 4 is 5.78 Å². The zero-order valence-corrected chi connectivity index (χ0v) is 7.13. The van der Waals surface area contributed by atoms with E-state index in [1.165, 1.54) is 0 Å². The molecule has 0 heterocycles. The van der Waals surface area contributed by atoms with Gasteiger partial charge in [-0.25, -0.2) is 0 Å². The van der Waals surface area contributed by atoms with Crippen LogP contribution in [0.3, 0.4) is 0 Å². The highest BCUT2D eigenvalue weighted by Crippen LogP contribution is 2.14. The van der Waals surface area contributed by atoms with Gasteiger partial charge in [0.2, 0.25) is 0 Å². The van der Waals surface area contributed by atoms with Crippen LogP contribution in [0.25, 0.3) is 0 Å². The maximum Gasteiger partial charge on any atom is 0.165 e. The zero-order valence-electron chi connectivity index (χ0n) is 7.13. The Morgan fingerprint density at radius 1 is 1.45 bits per heavy atom. The van der Waals surface area contributed by atoms with Gasteiger partial charge >= 0.3 is 0 Å². The number of rotatable bonds is 2. The lowest BCUT2D eigenvalue weighted by atomic mass is 9.97. The van der Waals surface area contributed by atoms with E-state index >= 15 is 0 Å². The molecule has 0 saturated heterocycles. The minimum absolute atomic E-state index is 0.129. The summed E-state index contributed by atoms with van der Waals surface area (Å²) in [5, 5.41) is 0. The van der Waals surface area contributed by atoms with Crippen LogP contribution >= 0.6 is 0 Å². The van der Waals surface area contributed by atoms with Gasteiger partial charge in [0.15, 0.2) is 5.78 Å². The molecule has 0 radical (unpaired) electrons. The summed E-state index contributed by atoms with van der Waals surface area (Å²) in [6.07, 6.45) is 8.13. The monoisotopic (exact) mass is 150 g/mol. The first kappa shape index (κ1) is 8.25. The first-order valence-corrected chi connectivity index (χ1v) is 4.12. The van der Waals surface area contributed by atoms with Crippen molar-refractivity contribution < 1.29 is 4.79 Å². The molecule has 0 amide bonds. The number of Topliss-reactive ketones (excluding diaryl/α,β-unsaturated/α-hetero) is 1. The number of allylic oxidation sites excluding steroid dienone is 4. The van der Waals surface area contributed by atoms with Gasteiger partial charge in [-0.1, -0.05) is 32.1 Å². The number of hydrogen-bond donors (Lipinski definition) is 0. The van der Waals surface area contributed by atoms with Gasteiger partial charge in [-0.3, -0.25) is 4.79 Å². The fourth-order valence-corrected chi connectivity index (χ4v) is 1.13. The largest absolute Gasteiger partial charge is 0.294 e. The Balaban J connectivity index is 2.67. The molecule has 0 N–H and O–H groups in total. The van der Waals surface area contributed by atoms with E-state index in [1.807, 2.05) is 26.0 Å². The first-order chi connectivity index (χ1) is 5.22. The normalized spacial score (nSPS) is 16.8. The van der Waals surface area contributed by atoms with Gasteiger partial charge in [-0.15, -0.1) is 0 Å². The highest BCUT2D eigenvalue weighted by molar-refractivity contribution is 5.99. The molecule has 0 spiro atoms. The van der Waals surface area contributed by atoms with E-state index in [0.717, 1.165) is 18.4 Å². The summed E-state index contributed by atoms with van der Waals surface area (Å²) in [5.41, 5.74) is 0.895. The minimum Gasteiger partial charge on any atom is -0.294 e. The molecule has 0 aliphatic heterocycles. The fraction of sp³-hybridized carbons (Fsp3) is 0.500. The number of carbonyl (C=O) groups excluding carboxylic acids is 1. The Labute approximate surface area is 67.8 Å². The molecule has 1 aliphatic rings. The molecule has 1 rings (SSSR count). The summed E-state index contributed by atoms with van der Waals surface area (Å²) in [5.74, 6) is 0.393. The second-order valence-corrected chi connectivity index (χ2v) is 3.16. The van der Waals surface area contributed by atoms with Crippen LogP contribution in [-0.2, 0) is 4.79 Å². The third kappa shape index (κ3) is 2.04. The maximum absolute atomic E-state index is 11.4. The Morgan fingerprint density at radius 2 is 2.18 bits per heavy atom. The fourth-order valence-electron chi connectivity index (χ4n) is 1.13. The third-order valence-electron chi connectivity index (χ3n) is 1.80. The highest BCUT2D eigenvalue weighted by atomic mass is 16.1. The average Bonchev–Trinajstić information content (AvgIpc) is 2.05. The number of hydrogen-bond acceptors (Lipinski definition) is 1. The van der Waals surface area contributed by atoms with Crippen molar-refractivity contribution in [2.24, 2.45) is 5.92 Å². The van der Waals surface area contributed by atoms with Crippen LogP contribution in [0, 0.1) is 5.92 Å². The Kier molecular flexibility index (Phi) is 2.64. The van der Waals surface area contributed by atoms with Gasteiger partial charge in [0.25, 0.3) is 0 Å².